The monoisotopic (exact) mass is 528 g/mol. The number of rotatable bonds is 7. The van der Waals surface area contributed by atoms with Crippen LogP contribution >= 0.6 is 23.4 Å². The number of dihydropyridines is 1. The van der Waals surface area contributed by atoms with Gasteiger partial charge >= 0.3 is 0 Å². The molecule has 1 aliphatic heterocycles. The van der Waals surface area contributed by atoms with E-state index in [2.05, 4.69) is 22.0 Å². The third-order valence-corrected chi connectivity index (χ3v) is 7.05. The van der Waals surface area contributed by atoms with Gasteiger partial charge in [0.1, 0.15) is 0 Å². The number of carbonyl (C=O) groups is 2. The zero-order chi connectivity index (χ0) is 26.4. The molecule has 8 heteroatoms. The second-order valence-electron chi connectivity index (χ2n) is 8.53. The molecule has 0 saturated carbocycles. The maximum absolute atomic E-state index is 13.5. The molecule has 0 aromatic heterocycles. The Morgan fingerprint density at radius 1 is 0.973 bits per heavy atom. The van der Waals surface area contributed by atoms with Gasteiger partial charge in [-0.1, -0.05) is 65.8 Å². The summed E-state index contributed by atoms with van der Waals surface area (Å²) in [6.45, 7) is 3.76. The van der Waals surface area contributed by atoms with Crippen LogP contribution in [0.4, 0.5) is 11.4 Å². The number of nitriles is 1. The van der Waals surface area contributed by atoms with E-state index in [1.54, 1.807) is 31.2 Å². The van der Waals surface area contributed by atoms with Crippen molar-refractivity contribution in [1.29, 1.82) is 5.26 Å². The van der Waals surface area contributed by atoms with E-state index in [1.807, 2.05) is 61.5 Å². The highest BCUT2D eigenvalue weighted by Gasteiger charge is 2.34. The number of nitrogens with one attached hydrogen (secondary N) is 3. The molecular formula is C29H25ClN4O2S. The Kier molecular flexibility index (Phi) is 8.34. The minimum absolute atomic E-state index is 0.0998. The lowest BCUT2D eigenvalue weighted by molar-refractivity contribution is -0.114. The van der Waals surface area contributed by atoms with Crippen molar-refractivity contribution in [3.05, 3.63) is 117 Å². The van der Waals surface area contributed by atoms with Gasteiger partial charge in [-0.3, -0.25) is 9.59 Å². The molecule has 0 fully saturated rings. The molecule has 0 spiro atoms. The van der Waals surface area contributed by atoms with E-state index in [1.165, 1.54) is 11.8 Å². The average molecular weight is 529 g/mol. The Morgan fingerprint density at radius 2 is 1.70 bits per heavy atom. The predicted molar refractivity (Wildman–Crippen MR) is 150 cm³/mol. The van der Waals surface area contributed by atoms with Crippen LogP contribution in [0.1, 0.15) is 24.0 Å². The van der Waals surface area contributed by atoms with Gasteiger partial charge in [-0.05, 0) is 61.4 Å². The molecule has 1 heterocycles. The molecule has 2 amide bonds. The van der Waals surface area contributed by atoms with Gasteiger partial charge in [0, 0.05) is 27.7 Å². The summed E-state index contributed by atoms with van der Waals surface area (Å²) in [5.41, 5.74) is 4.60. The van der Waals surface area contributed by atoms with Crippen LogP contribution < -0.4 is 16.0 Å². The first kappa shape index (κ1) is 26.1. The zero-order valence-electron chi connectivity index (χ0n) is 20.3. The van der Waals surface area contributed by atoms with E-state index >= 15 is 0 Å². The lowest BCUT2D eigenvalue weighted by Crippen LogP contribution is -2.31. The van der Waals surface area contributed by atoms with Gasteiger partial charge in [0.05, 0.1) is 28.3 Å². The molecule has 0 aliphatic carbocycles. The van der Waals surface area contributed by atoms with Crippen molar-refractivity contribution in [1.82, 2.24) is 5.32 Å². The van der Waals surface area contributed by atoms with Crippen LogP contribution in [0, 0.1) is 18.3 Å². The van der Waals surface area contributed by atoms with Crippen molar-refractivity contribution in [3.8, 4) is 6.07 Å². The largest absolute Gasteiger partial charge is 0.353 e. The Bertz CT molecular complexity index is 1430. The third-order valence-electron chi connectivity index (χ3n) is 5.78. The number of hydrogen-bond donors (Lipinski definition) is 3. The van der Waals surface area contributed by atoms with Gasteiger partial charge in [0.2, 0.25) is 5.91 Å². The summed E-state index contributed by atoms with van der Waals surface area (Å²) in [7, 11) is 0. The highest BCUT2D eigenvalue weighted by atomic mass is 35.5. The van der Waals surface area contributed by atoms with Crippen LogP contribution in [0.25, 0.3) is 0 Å². The summed E-state index contributed by atoms with van der Waals surface area (Å²) >= 11 is 7.21. The summed E-state index contributed by atoms with van der Waals surface area (Å²) in [5, 5.41) is 20.3. The third kappa shape index (κ3) is 6.42. The molecular weight excluding hydrogens is 504 g/mol. The maximum Gasteiger partial charge on any atom is 0.254 e. The number of anilines is 2. The van der Waals surface area contributed by atoms with E-state index in [0.29, 0.717) is 32.6 Å². The summed E-state index contributed by atoms with van der Waals surface area (Å²) in [6, 6.07) is 26.1. The molecule has 6 nitrogen and oxygen atoms in total. The quantitative estimate of drug-likeness (QED) is 0.332. The second-order valence-corrected chi connectivity index (χ2v) is 9.95. The van der Waals surface area contributed by atoms with Gasteiger partial charge in [-0.2, -0.15) is 5.26 Å². The minimum Gasteiger partial charge on any atom is -0.353 e. The number of nitrogens with zero attached hydrogens (tertiary/aromatic N) is 1. The average Bonchev–Trinajstić information content (AvgIpc) is 2.88. The van der Waals surface area contributed by atoms with Gasteiger partial charge in [0.25, 0.3) is 5.91 Å². The Labute approximate surface area is 225 Å². The number of halogens is 1. The SMILES string of the molecule is CC1=C(C(=O)Nc2ccc(Cl)cc2)[C@@H](c2ccccc2)C(C#N)=C(SCC(=O)Nc2cccc(C)c2)N1. The molecule has 1 aliphatic rings. The van der Waals surface area contributed by atoms with E-state index < -0.39 is 5.92 Å². The minimum atomic E-state index is -0.595. The summed E-state index contributed by atoms with van der Waals surface area (Å²) in [4.78, 5) is 26.1. The number of amides is 2. The van der Waals surface area contributed by atoms with Crippen LogP contribution in [0.5, 0.6) is 0 Å². The summed E-state index contributed by atoms with van der Waals surface area (Å²) < 4.78 is 0. The van der Waals surface area contributed by atoms with Crippen LogP contribution in [0.15, 0.2) is 101 Å². The van der Waals surface area contributed by atoms with Gasteiger partial charge in [-0.25, -0.2) is 0 Å². The first-order chi connectivity index (χ1) is 17.9. The first-order valence-electron chi connectivity index (χ1n) is 11.6. The number of hydrogen-bond acceptors (Lipinski definition) is 5. The number of aryl methyl sites for hydroxylation is 1. The molecule has 3 N–H and O–H groups in total. The first-order valence-corrected chi connectivity index (χ1v) is 13.0. The second kappa shape index (κ2) is 11.8. The number of benzene rings is 3. The standard InChI is InChI=1S/C29H25ClN4O2S/c1-18-7-6-10-23(15-18)33-25(35)17-37-29-24(16-31)27(20-8-4-3-5-9-20)26(19(2)32-29)28(36)34-22-13-11-21(30)12-14-22/h3-15,27,32H,17H2,1-2H3,(H,33,35)(H,34,36)/t27-/m0/s1. The fourth-order valence-corrected chi connectivity index (χ4v) is 5.11. The van der Waals surface area contributed by atoms with Gasteiger partial charge < -0.3 is 16.0 Å². The topological polar surface area (TPSA) is 94.0 Å². The van der Waals surface area contributed by atoms with E-state index in [-0.39, 0.29) is 17.6 Å². The smallest absolute Gasteiger partial charge is 0.254 e. The van der Waals surface area contributed by atoms with Crippen molar-refractivity contribution in [2.24, 2.45) is 0 Å². The number of allylic oxidation sites excluding steroid dienone is 2. The van der Waals surface area contributed by atoms with Crippen LogP contribution in [-0.4, -0.2) is 17.6 Å². The molecule has 0 saturated heterocycles. The number of carbonyl (C=O) groups excluding carboxylic acids is 2. The van der Waals surface area contributed by atoms with E-state index in [0.717, 1.165) is 16.8 Å². The lowest BCUT2D eigenvalue weighted by Gasteiger charge is -2.30. The fourth-order valence-electron chi connectivity index (χ4n) is 4.10. The highest BCUT2D eigenvalue weighted by Crippen LogP contribution is 2.41. The molecule has 4 rings (SSSR count). The normalized spacial score (nSPS) is 15.0. The Morgan fingerprint density at radius 3 is 2.38 bits per heavy atom. The van der Waals surface area contributed by atoms with Gasteiger partial charge in [-0.15, -0.1) is 0 Å². The van der Waals surface area contributed by atoms with Gasteiger partial charge in [0.15, 0.2) is 0 Å². The fraction of sp³-hybridized carbons (Fsp3) is 0.138. The van der Waals surface area contributed by atoms with Crippen molar-refractivity contribution >= 4 is 46.6 Å². The molecule has 0 bridgehead atoms. The molecule has 1 atom stereocenters. The molecule has 186 valence electrons. The summed E-state index contributed by atoms with van der Waals surface area (Å²) in [5.74, 6) is -1.01. The molecule has 3 aromatic rings. The van der Waals surface area contributed by atoms with E-state index in [4.69, 9.17) is 11.6 Å². The Hall–Kier alpha value is -3.99. The molecule has 37 heavy (non-hydrogen) atoms. The predicted octanol–water partition coefficient (Wildman–Crippen LogP) is 6.36. The molecule has 3 aromatic carbocycles. The van der Waals surface area contributed by atoms with Crippen LogP contribution in [0.2, 0.25) is 5.02 Å². The van der Waals surface area contributed by atoms with Crippen LogP contribution in [0.3, 0.4) is 0 Å². The molecule has 0 radical (unpaired) electrons. The van der Waals surface area contributed by atoms with Crippen molar-refractivity contribution in [3.63, 3.8) is 0 Å². The molecule has 0 unspecified atom stereocenters. The van der Waals surface area contributed by atoms with Crippen molar-refractivity contribution < 1.29 is 9.59 Å². The van der Waals surface area contributed by atoms with Crippen LogP contribution in [-0.2, 0) is 9.59 Å². The van der Waals surface area contributed by atoms with E-state index in [9.17, 15) is 14.9 Å². The van der Waals surface area contributed by atoms with Crippen molar-refractivity contribution in [2.45, 2.75) is 19.8 Å². The van der Waals surface area contributed by atoms with Crippen molar-refractivity contribution in [2.75, 3.05) is 16.4 Å². The summed E-state index contributed by atoms with van der Waals surface area (Å²) in [6.07, 6.45) is 0. The Balaban J connectivity index is 1.60. The highest BCUT2D eigenvalue weighted by molar-refractivity contribution is 8.03. The maximum atomic E-state index is 13.5. The number of thioether (sulfide) groups is 1. The lowest BCUT2D eigenvalue weighted by atomic mass is 9.82. The zero-order valence-corrected chi connectivity index (χ0v) is 21.9.